The number of carbonyl (C=O) groups is 2. The Balaban J connectivity index is 1.07. The van der Waals surface area contributed by atoms with Crippen molar-refractivity contribution in [3.05, 3.63) is 76.8 Å². The molecule has 3 aliphatic rings. The minimum absolute atomic E-state index is 0.128. The van der Waals surface area contributed by atoms with Gasteiger partial charge in [0.05, 0.1) is 30.1 Å². The lowest BCUT2D eigenvalue weighted by molar-refractivity contribution is -0.116. The van der Waals surface area contributed by atoms with Gasteiger partial charge in [-0.1, -0.05) is 48.0 Å². The van der Waals surface area contributed by atoms with Crippen molar-refractivity contribution in [1.29, 1.82) is 0 Å². The fraction of sp³-hybridized carbons (Fsp3) is 0.394. The van der Waals surface area contributed by atoms with Crippen LogP contribution >= 0.6 is 11.6 Å². The van der Waals surface area contributed by atoms with E-state index in [1.54, 1.807) is 12.1 Å². The molecule has 0 aromatic heterocycles. The van der Waals surface area contributed by atoms with Gasteiger partial charge in [0.1, 0.15) is 24.1 Å². The van der Waals surface area contributed by atoms with Crippen LogP contribution in [0.5, 0.6) is 5.75 Å². The topological polar surface area (TPSA) is 113 Å². The normalized spacial score (nSPS) is 23.8. The number of aliphatic hydroxyl groups is 1. The van der Waals surface area contributed by atoms with Gasteiger partial charge in [0, 0.05) is 48.5 Å². The van der Waals surface area contributed by atoms with Crippen LogP contribution in [0.4, 0.5) is 16.2 Å². The molecule has 3 N–H and O–H groups in total. The molecule has 3 fully saturated rings. The summed E-state index contributed by atoms with van der Waals surface area (Å²) in [6, 6.07) is 19.6. The van der Waals surface area contributed by atoms with Gasteiger partial charge in [-0.2, -0.15) is 0 Å². The Kier molecular flexibility index (Phi) is 8.59. The van der Waals surface area contributed by atoms with E-state index < -0.39 is 6.09 Å². The number of aryl methyl sites for hydroxylation is 1. The predicted octanol–water partition coefficient (Wildman–Crippen LogP) is 5.63. The second-order valence-corrected chi connectivity index (χ2v) is 11.8. The molecule has 4 unspecified atom stereocenters. The van der Waals surface area contributed by atoms with E-state index in [0.717, 1.165) is 29.5 Å². The second-order valence-electron chi connectivity index (χ2n) is 11.4. The molecule has 10 heteroatoms. The first-order valence-electron chi connectivity index (χ1n) is 14.6. The van der Waals surface area contributed by atoms with Gasteiger partial charge in [-0.05, 0) is 49.2 Å². The van der Waals surface area contributed by atoms with Crippen molar-refractivity contribution in [2.24, 2.45) is 0 Å². The number of nitrogens with one attached hydrogen (secondary N) is 2. The number of fused-ring (bicyclic) bond motifs is 5. The Bertz CT molecular complexity index is 1480. The summed E-state index contributed by atoms with van der Waals surface area (Å²) in [6.07, 6.45) is 3.14. The SMILES string of the molecule is COc1cc(NC(=O)CCCc2ccc(NC(=O)OC3CC4C5OC5C(C3)N4C)c(-c3ccccc3)c2)c(Cl)cc1CO. The summed E-state index contributed by atoms with van der Waals surface area (Å²) in [5, 5.41) is 15.6. The quantitative estimate of drug-likeness (QED) is 0.257. The maximum Gasteiger partial charge on any atom is 0.411 e. The summed E-state index contributed by atoms with van der Waals surface area (Å²) in [6.45, 7) is -0.215. The summed E-state index contributed by atoms with van der Waals surface area (Å²) >= 11 is 6.29. The van der Waals surface area contributed by atoms with E-state index in [9.17, 15) is 14.7 Å². The van der Waals surface area contributed by atoms with Gasteiger partial charge in [-0.15, -0.1) is 0 Å². The molecule has 0 saturated carbocycles. The molecule has 2 bridgehead atoms. The molecule has 9 nitrogen and oxygen atoms in total. The number of ether oxygens (including phenoxy) is 3. The van der Waals surface area contributed by atoms with E-state index in [1.165, 1.54) is 7.11 Å². The number of hydrogen-bond donors (Lipinski definition) is 3. The van der Waals surface area contributed by atoms with E-state index in [4.69, 9.17) is 25.8 Å². The largest absolute Gasteiger partial charge is 0.496 e. The summed E-state index contributed by atoms with van der Waals surface area (Å²) in [5.41, 5.74) is 4.57. The average molecular weight is 606 g/mol. The zero-order chi connectivity index (χ0) is 30.1. The van der Waals surface area contributed by atoms with Crippen molar-refractivity contribution < 1.29 is 28.9 Å². The monoisotopic (exact) mass is 605 g/mol. The zero-order valence-corrected chi connectivity index (χ0v) is 25.0. The first kappa shape index (κ1) is 29.4. The number of halogens is 1. The van der Waals surface area contributed by atoms with Crippen LogP contribution < -0.4 is 15.4 Å². The molecular weight excluding hydrogens is 570 g/mol. The van der Waals surface area contributed by atoms with Gasteiger partial charge in [-0.25, -0.2) is 4.79 Å². The van der Waals surface area contributed by atoms with Crippen molar-refractivity contribution in [3.63, 3.8) is 0 Å². The minimum atomic E-state index is -0.451. The van der Waals surface area contributed by atoms with Crippen LogP contribution in [0.2, 0.25) is 5.02 Å². The van der Waals surface area contributed by atoms with Crippen molar-refractivity contribution in [3.8, 4) is 16.9 Å². The van der Waals surface area contributed by atoms with Gasteiger partial charge in [0.25, 0.3) is 0 Å². The third kappa shape index (κ3) is 6.35. The number of rotatable bonds is 10. The molecule has 226 valence electrons. The summed E-state index contributed by atoms with van der Waals surface area (Å²) in [7, 11) is 3.63. The maximum absolute atomic E-state index is 13.0. The number of likely N-dealkylation sites (N-methyl/N-ethyl adjacent to an activating group) is 1. The smallest absolute Gasteiger partial charge is 0.411 e. The second kappa shape index (κ2) is 12.5. The summed E-state index contributed by atoms with van der Waals surface area (Å²) in [4.78, 5) is 28.1. The standard InChI is InChI=1S/C33H36ClN3O6/c1-37-27-15-22(16-28(37)32-31(27)43-32)42-33(40)36-25-12-11-19(13-23(25)20-8-4-3-5-9-20)7-6-10-30(39)35-26-17-29(41-2)21(18-38)14-24(26)34/h3-5,8-9,11-14,17,22,27-28,31-32,38H,6-7,10,15-16,18H2,1-2H3,(H,35,39)(H,36,40). The van der Waals surface area contributed by atoms with Crippen molar-refractivity contribution in [1.82, 2.24) is 4.90 Å². The molecule has 6 rings (SSSR count). The maximum atomic E-state index is 13.0. The lowest BCUT2D eigenvalue weighted by Crippen LogP contribution is -2.48. The lowest BCUT2D eigenvalue weighted by Gasteiger charge is -2.37. The molecule has 4 atom stereocenters. The Morgan fingerprint density at radius 1 is 1.02 bits per heavy atom. The molecule has 0 spiro atoms. The lowest BCUT2D eigenvalue weighted by atomic mass is 9.98. The molecule has 3 aromatic rings. The molecule has 3 aliphatic heterocycles. The molecule has 43 heavy (non-hydrogen) atoms. The number of methoxy groups -OCH3 is 1. The van der Waals surface area contributed by atoms with Crippen LogP contribution in [-0.2, 0) is 27.3 Å². The zero-order valence-electron chi connectivity index (χ0n) is 24.2. The molecular formula is C33H36ClN3O6. The number of nitrogens with zero attached hydrogens (tertiary/aromatic N) is 1. The molecule has 0 radical (unpaired) electrons. The first-order valence-corrected chi connectivity index (χ1v) is 15.0. The highest BCUT2D eigenvalue weighted by Gasteiger charge is 2.62. The van der Waals surface area contributed by atoms with Crippen LogP contribution in [0.15, 0.2) is 60.7 Å². The molecule has 3 heterocycles. The number of morpholine rings is 1. The van der Waals surface area contributed by atoms with E-state index in [2.05, 4.69) is 28.6 Å². The van der Waals surface area contributed by atoms with Crippen LogP contribution in [-0.4, -0.2) is 66.6 Å². The number of carbonyl (C=O) groups excluding carboxylic acids is 2. The molecule has 3 aromatic carbocycles. The molecule has 2 amide bonds. The van der Waals surface area contributed by atoms with E-state index in [-0.39, 0.29) is 30.8 Å². The summed E-state index contributed by atoms with van der Waals surface area (Å²) < 4.78 is 16.9. The Hall–Kier alpha value is -3.63. The van der Waals surface area contributed by atoms with E-state index in [0.29, 0.717) is 59.1 Å². The highest BCUT2D eigenvalue weighted by Crippen LogP contribution is 2.48. The number of epoxide rings is 1. The number of aliphatic hydroxyl groups excluding tert-OH is 1. The van der Waals surface area contributed by atoms with Crippen LogP contribution in [0, 0.1) is 0 Å². The van der Waals surface area contributed by atoms with Gasteiger partial charge >= 0.3 is 6.09 Å². The number of amides is 2. The number of hydrogen-bond acceptors (Lipinski definition) is 7. The highest BCUT2D eigenvalue weighted by atomic mass is 35.5. The Morgan fingerprint density at radius 3 is 2.47 bits per heavy atom. The average Bonchev–Trinajstić information content (AvgIpc) is 3.77. The summed E-state index contributed by atoms with van der Waals surface area (Å²) in [5.74, 6) is 0.286. The Labute approximate surface area is 256 Å². The fourth-order valence-electron chi connectivity index (χ4n) is 6.47. The molecule has 3 saturated heterocycles. The van der Waals surface area contributed by atoms with Gasteiger partial charge in [-0.3, -0.25) is 15.0 Å². The fourth-order valence-corrected chi connectivity index (χ4v) is 6.70. The van der Waals surface area contributed by atoms with Crippen LogP contribution in [0.25, 0.3) is 11.1 Å². The van der Waals surface area contributed by atoms with Crippen molar-refractivity contribution in [2.75, 3.05) is 24.8 Å². The van der Waals surface area contributed by atoms with Gasteiger partial charge < -0.3 is 24.6 Å². The first-order chi connectivity index (χ1) is 20.8. The number of anilines is 2. The molecule has 0 aliphatic carbocycles. The minimum Gasteiger partial charge on any atom is -0.496 e. The van der Waals surface area contributed by atoms with Gasteiger partial charge in [0.2, 0.25) is 5.91 Å². The van der Waals surface area contributed by atoms with Crippen molar-refractivity contribution >= 4 is 35.0 Å². The van der Waals surface area contributed by atoms with Crippen LogP contribution in [0.1, 0.15) is 36.8 Å². The van der Waals surface area contributed by atoms with Crippen LogP contribution in [0.3, 0.4) is 0 Å². The predicted molar refractivity (Wildman–Crippen MR) is 164 cm³/mol. The number of benzene rings is 3. The third-order valence-electron chi connectivity index (χ3n) is 8.74. The van der Waals surface area contributed by atoms with Crippen molar-refractivity contribution in [2.45, 2.75) is 69.1 Å². The third-order valence-corrected chi connectivity index (χ3v) is 9.05. The van der Waals surface area contributed by atoms with E-state index >= 15 is 0 Å². The van der Waals surface area contributed by atoms with Gasteiger partial charge in [0.15, 0.2) is 0 Å². The number of piperidine rings is 1. The Morgan fingerprint density at radius 2 is 1.77 bits per heavy atom. The van der Waals surface area contributed by atoms with E-state index in [1.807, 2.05) is 42.5 Å². The highest BCUT2D eigenvalue weighted by molar-refractivity contribution is 6.33.